The monoisotopic (exact) mass is 358 g/mol. The first-order valence-electron chi connectivity index (χ1n) is 8.89. The molecule has 0 aliphatic carbocycles. The van der Waals surface area contributed by atoms with Crippen LogP contribution in [0.15, 0.2) is 84.9 Å². The number of carbonyl (C=O) groups excluding carboxylic acids is 2. The molecule has 4 nitrogen and oxygen atoms in total. The molecule has 0 saturated heterocycles. The molecule has 3 aromatic carbocycles. The first kappa shape index (κ1) is 18.4. The Labute approximate surface area is 159 Å². The van der Waals surface area contributed by atoms with Crippen LogP contribution in [0.2, 0.25) is 0 Å². The maximum atomic E-state index is 12.4. The van der Waals surface area contributed by atoms with Crippen LogP contribution >= 0.6 is 0 Å². The molecule has 27 heavy (non-hydrogen) atoms. The minimum atomic E-state index is -0.634. The van der Waals surface area contributed by atoms with Gasteiger partial charge in [-0.3, -0.25) is 9.59 Å². The highest BCUT2D eigenvalue weighted by Gasteiger charge is 2.20. The second kappa shape index (κ2) is 8.81. The van der Waals surface area contributed by atoms with Gasteiger partial charge in [-0.15, -0.1) is 0 Å². The SMILES string of the molecule is CNC(=O)C(Cc1ccc(-c2ccccc2)cc1)NC(=O)c1ccccc1. The van der Waals surface area contributed by atoms with Crippen LogP contribution in [0.3, 0.4) is 0 Å². The van der Waals surface area contributed by atoms with E-state index in [0.29, 0.717) is 12.0 Å². The lowest BCUT2D eigenvalue weighted by Crippen LogP contribution is -2.47. The molecule has 0 radical (unpaired) electrons. The lowest BCUT2D eigenvalue weighted by atomic mass is 10.00. The summed E-state index contributed by atoms with van der Waals surface area (Å²) in [6, 6.07) is 26.4. The van der Waals surface area contributed by atoms with Crippen LogP contribution in [-0.4, -0.2) is 24.9 Å². The van der Waals surface area contributed by atoms with Gasteiger partial charge in [0, 0.05) is 19.0 Å². The molecular formula is C23H22N2O2. The molecular weight excluding hydrogens is 336 g/mol. The highest BCUT2D eigenvalue weighted by molar-refractivity contribution is 5.97. The number of likely N-dealkylation sites (N-methyl/N-ethyl adjacent to an activating group) is 1. The Morgan fingerprint density at radius 3 is 1.93 bits per heavy atom. The Kier molecular flexibility index (Phi) is 6.00. The summed E-state index contributed by atoms with van der Waals surface area (Å²) in [7, 11) is 1.57. The maximum absolute atomic E-state index is 12.4. The van der Waals surface area contributed by atoms with E-state index in [9.17, 15) is 9.59 Å². The van der Waals surface area contributed by atoms with Gasteiger partial charge in [0.05, 0.1) is 0 Å². The number of amides is 2. The number of carbonyl (C=O) groups is 2. The molecule has 1 unspecified atom stereocenters. The van der Waals surface area contributed by atoms with E-state index in [2.05, 4.69) is 22.8 Å². The summed E-state index contributed by atoms with van der Waals surface area (Å²) in [6.45, 7) is 0. The van der Waals surface area contributed by atoms with E-state index in [-0.39, 0.29) is 11.8 Å². The van der Waals surface area contributed by atoms with Gasteiger partial charge in [0.15, 0.2) is 0 Å². The van der Waals surface area contributed by atoms with Crippen molar-refractivity contribution < 1.29 is 9.59 Å². The van der Waals surface area contributed by atoms with Crippen molar-refractivity contribution in [3.63, 3.8) is 0 Å². The van der Waals surface area contributed by atoms with Crippen molar-refractivity contribution in [2.45, 2.75) is 12.5 Å². The smallest absolute Gasteiger partial charge is 0.251 e. The minimum Gasteiger partial charge on any atom is -0.357 e. The Bertz CT molecular complexity index is 891. The molecule has 3 rings (SSSR count). The third-order valence-electron chi connectivity index (χ3n) is 4.41. The average molecular weight is 358 g/mol. The Morgan fingerprint density at radius 1 is 0.778 bits per heavy atom. The van der Waals surface area contributed by atoms with Gasteiger partial charge in [0.2, 0.25) is 5.91 Å². The summed E-state index contributed by atoms with van der Waals surface area (Å²) in [6.07, 6.45) is 0.424. The number of nitrogens with one attached hydrogen (secondary N) is 2. The normalized spacial score (nSPS) is 11.4. The van der Waals surface area contributed by atoms with E-state index in [1.807, 2.05) is 48.5 Å². The Hall–Kier alpha value is -3.40. The van der Waals surface area contributed by atoms with Gasteiger partial charge in [-0.2, -0.15) is 0 Å². The quantitative estimate of drug-likeness (QED) is 0.709. The zero-order valence-electron chi connectivity index (χ0n) is 15.2. The molecule has 0 bridgehead atoms. The zero-order valence-corrected chi connectivity index (χ0v) is 15.2. The molecule has 0 saturated carbocycles. The number of benzene rings is 3. The molecule has 2 N–H and O–H groups in total. The van der Waals surface area contributed by atoms with Crippen molar-refractivity contribution in [2.75, 3.05) is 7.05 Å². The highest BCUT2D eigenvalue weighted by Crippen LogP contribution is 2.19. The predicted octanol–water partition coefficient (Wildman–Crippen LogP) is 3.44. The summed E-state index contributed by atoms with van der Waals surface area (Å²) in [5.74, 6) is -0.475. The van der Waals surface area contributed by atoms with Crippen molar-refractivity contribution in [3.8, 4) is 11.1 Å². The highest BCUT2D eigenvalue weighted by atomic mass is 16.2. The molecule has 0 spiro atoms. The molecule has 0 heterocycles. The van der Waals surface area contributed by atoms with Gasteiger partial charge in [0.25, 0.3) is 5.91 Å². The Morgan fingerprint density at radius 2 is 1.33 bits per heavy atom. The summed E-state index contributed by atoms with van der Waals surface area (Å²) in [5, 5.41) is 5.45. The minimum absolute atomic E-state index is 0.216. The van der Waals surface area contributed by atoms with E-state index in [1.54, 1.807) is 31.3 Å². The first-order valence-corrected chi connectivity index (χ1v) is 8.89. The summed E-state index contributed by atoms with van der Waals surface area (Å²) >= 11 is 0. The van der Waals surface area contributed by atoms with Crippen LogP contribution in [0, 0.1) is 0 Å². The van der Waals surface area contributed by atoms with E-state index >= 15 is 0 Å². The third kappa shape index (κ3) is 4.82. The van der Waals surface area contributed by atoms with E-state index < -0.39 is 6.04 Å². The molecule has 2 amide bonds. The predicted molar refractivity (Wildman–Crippen MR) is 107 cm³/mol. The third-order valence-corrected chi connectivity index (χ3v) is 4.41. The molecule has 4 heteroatoms. The van der Waals surface area contributed by atoms with Gasteiger partial charge in [-0.05, 0) is 28.8 Å². The second-order valence-electron chi connectivity index (χ2n) is 6.27. The molecule has 136 valence electrons. The molecule has 0 aliphatic rings. The number of hydrogen-bond acceptors (Lipinski definition) is 2. The van der Waals surface area contributed by atoms with Crippen molar-refractivity contribution in [1.29, 1.82) is 0 Å². The van der Waals surface area contributed by atoms with Crippen LogP contribution in [0.25, 0.3) is 11.1 Å². The average Bonchev–Trinajstić information content (AvgIpc) is 2.74. The largest absolute Gasteiger partial charge is 0.357 e. The first-order chi connectivity index (χ1) is 13.2. The van der Waals surface area contributed by atoms with Gasteiger partial charge < -0.3 is 10.6 Å². The van der Waals surface area contributed by atoms with E-state index in [4.69, 9.17) is 0 Å². The summed E-state index contributed by atoms with van der Waals surface area (Å²) < 4.78 is 0. The number of rotatable bonds is 6. The van der Waals surface area contributed by atoms with Crippen LogP contribution < -0.4 is 10.6 Å². The topological polar surface area (TPSA) is 58.2 Å². The van der Waals surface area contributed by atoms with Crippen molar-refractivity contribution >= 4 is 11.8 Å². The van der Waals surface area contributed by atoms with Crippen molar-refractivity contribution in [1.82, 2.24) is 10.6 Å². The molecule has 1 atom stereocenters. The van der Waals surface area contributed by atoms with Crippen LogP contribution in [0.5, 0.6) is 0 Å². The second-order valence-corrected chi connectivity index (χ2v) is 6.27. The van der Waals surface area contributed by atoms with Gasteiger partial charge in [-0.1, -0.05) is 72.8 Å². The lowest BCUT2D eigenvalue weighted by Gasteiger charge is -2.18. The number of hydrogen-bond donors (Lipinski definition) is 2. The standard InChI is InChI=1S/C23H22N2O2/c1-24-23(27)21(25-22(26)20-10-6-3-7-11-20)16-17-12-14-19(15-13-17)18-8-4-2-5-9-18/h2-15,21H,16H2,1H3,(H,24,27)(H,25,26). The van der Waals surface area contributed by atoms with Gasteiger partial charge >= 0.3 is 0 Å². The maximum Gasteiger partial charge on any atom is 0.251 e. The Balaban J connectivity index is 1.73. The lowest BCUT2D eigenvalue weighted by molar-refractivity contribution is -0.122. The molecule has 0 aromatic heterocycles. The van der Waals surface area contributed by atoms with Crippen molar-refractivity contribution in [3.05, 3.63) is 96.1 Å². The summed E-state index contributed by atoms with van der Waals surface area (Å²) in [4.78, 5) is 24.7. The summed E-state index contributed by atoms with van der Waals surface area (Å²) in [5.41, 5.74) is 3.77. The fraction of sp³-hybridized carbons (Fsp3) is 0.130. The van der Waals surface area contributed by atoms with Gasteiger partial charge in [0.1, 0.15) is 6.04 Å². The van der Waals surface area contributed by atoms with Crippen molar-refractivity contribution in [2.24, 2.45) is 0 Å². The zero-order chi connectivity index (χ0) is 19.1. The molecule has 3 aromatic rings. The fourth-order valence-electron chi connectivity index (χ4n) is 2.91. The van der Waals surface area contributed by atoms with Crippen LogP contribution in [-0.2, 0) is 11.2 Å². The van der Waals surface area contributed by atoms with E-state index in [1.165, 1.54) is 0 Å². The van der Waals surface area contributed by atoms with Crippen LogP contribution in [0.4, 0.5) is 0 Å². The van der Waals surface area contributed by atoms with Crippen LogP contribution in [0.1, 0.15) is 15.9 Å². The molecule has 0 fully saturated rings. The van der Waals surface area contributed by atoms with Gasteiger partial charge in [-0.25, -0.2) is 0 Å². The molecule has 0 aliphatic heterocycles. The van der Waals surface area contributed by atoms with E-state index in [0.717, 1.165) is 16.7 Å². The fourth-order valence-corrected chi connectivity index (χ4v) is 2.91.